The maximum absolute atomic E-state index is 12.9. The van der Waals surface area contributed by atoms with Crippen molar-refractivity contribution < 1.29 is 4.39 Å². The fraction of sp³-hybridized carbons (Fsp3) is 0.368. The van der Waals surface area contributed by atoms with Crippen LogP contribution in [0.3, 0.4) is 0 Å². The Bertz CT molecular complexity index is 601. The minimum atomic E-state index is -0.160. The number of aryl methyl sites for hydroxylation is 1. The molecule has 2 nitrogen and oxygen atoms in total. The van der Waals surface area contributed by atoms with Crippen molar-refractivity contribution in [2.75, 3.05) is 26.2 Å². The van der Waals surface area contributed by atoms with Gasteiger partial charge >= 0.3 is 0 Å². The standard InChI is InChI=1S/C19H23FN2/c1-16-4-2-3-5-18(16)15-22-12-10-21(11-13-22)14-17-6-8-19(20)9-7-17/h2-9H,10-15H2,1H3. The molecule has 22 heavy (non-hydrogen) atoms. The van der Waals surface area contributed by atoms with Gasteiger partial charge in [0.25, 0.3) is 0 Å². The van der Waals surface area contributed by atoms with Crippen LogP contribution in [0.2, 0.25) is 0 Å². The van der Waals surface area contributed by atoms with E-state index in [1.54, 1.807) is 12.1 Å². The average Bonchev–Trinajstić information content (AvgIpc) is 2.54. The molecule has 0 bridgehead atoms. The molecule has 3 heteroatoms. The molecule has 0 aliphatic carbocycles. The highest BCUT2D eigenvalue weighted by Gasteiger charge is 2.17. The molecular weight excluding hydrogens is 275 g/mol. The van der Waals surface area contributed by atoms with Gasteiger partial charge in [0.1, 0.15) is 5.82 Å². The zero-order chi connectivity index (χ0) is 15.4. The second-order valence-electron chi connectivity index (χ2n) is 6.11. The van der Waals surface area contributed by atoms with Gasteiger partial charge in [0.05, 0.1) is 0 Å². The number of piperazine rings is 1. The van der Waals surface area contributed by atoms with E-state index in [-0.39, 0.29) is 5.82 Å². The topological polar surface area (TPSA) is 6.48 Å². The average molecular weight is 298 g/mol. The maximum atomic E-state index is 12.9. The van der Waals surface area contributed by atoms with E-state index in [1.807, 2.05) is 12.1 Å². The number of hydrogen-bond acceptors (Lipinski definition) is 2. The predicted octanol–water partition coefficient (Wildman–Crippen LogP) is 3.45. The Hall–Kier alpha value is -1.71. The summed E-state index contributed by atoms with van der Waals surface area (Å²) in [4.78, 5) is 4.96. The van der Waals surface area contributed by atoms with Crippen LogP contribution in [0.4, 0.5) is 4.39 Å². The van der Waals surface area contributed by atoms with Crippen LogP contribution in [-0.2, 0) is 13.1 Å². The molecule has 0 atom stereocenters. The van der Waals surface area contributed by atoms with Crippen molar-refractivity contribution in [2.45, 2.75) is 20.0 Å². The van der Waals surface area contributed by atoms with Gasteiger partial charge < -0.3 is 0 Å². The molecule has 1 saturated heterocycles. The van der Waals surface area contributed by atoms with Crippen LogP contribution in [0, 0.1) is 12.7 Å². The molecular formula is C19H23FN2. The van der Waals surface area contributed by atoms with Gasteiger partial charge in [-0.15, -0.1) is 0 Å². The molecule has 0 spiro atoms. The Morgan fingerprint density at radius 3 is 2.05 bits per heavy atom. The molecule has 1 aliphatic heterocycles. The van der Waals surface area contributed by atoms with Crippen molar-refractivity contribution in [3.63, 3.8) is 0 Å². The lowest BCUT2D eigenvalue weighted by Gasteiger charge is -2.35. The monoisotopic (exact) mass is 298 g/mol. The van der Waals surface area contributed by atoms with Gasteiger partial charge in [0.2, 0.25) is 0 Å². The number of halogens is 1. The molecule has 0 amide bonds. The van der Waals surface area contributed by atoms with Crippen LogP contribution < -0.4 is 0 Å². The predicted molar refractivity (Wildman–Crippen MR) is 88.1 cm³/mol. The summed E-state index contributed by atoms with van der Waals surface area (Å²) in [6, 6.07) is 15.5. The lowest BCUT2D eigenvalue weighted by Crippen LogP contribution is -2.45. The van der Waals surface area contributed by atoms with Crippen molar-refractivity contribution in [1.29, 1.82) is 0 Å². The molecule has 1 aliphatic rings. The Balaban J connectivity index is 1.50. The van der Waals surface area contributed by atoms with Gasteiger partial charge in [-0.1, -0.05) is 36.4 Å². The summed E-state index contributed by atoms with van der Waals surface area (Å²) in [5.41, 5.74) is 3.99. The summed E-state index contributed by atoms with van der Waals surface area (Å²) in [5, 5.41) is 0. The van der Waals surface area contributed by atoms with Crippen LogP contribution in [-0.4, -0.2) is 36.0 Å². The third-order valence-corrected chi connectivity index (χ3v) is 4.44. The molecule has 2 aromatic rings. The Morgan fingerprint density at radius 2 is 1.41 bits per heavy atom. The van der Waals surface area contributed by atoms with Crippen LogP contribution in [0.15, 0.2) is 48.5 Å². The minimum Gasteiger partial charge on any atom is -0.297 e. The van der Waals surface area contributed by atoms with E-state index in [0.717, 1.165) is 39.3 Å². The first-order valence-corrected chi connectivity index (χ1v) is 7.94. The first-order chi connectivity index (χ1) is 10.7. The molecule has 1 fully saturated rings. The Morgan fingerprint density at radius 1 is 0.818 bits per heavy atom. The summed E-state index contributed by atoms with van der Waals surface area (Å²) in [6.07, 6.45) is 0. The van der Waals surface area contributed by atoms with E-state index in [4.69, 9.17) is 0 Å². The number of nitrogens with zero attached hydrogens (tertiary/aromatic N) is 2. The van der Waals surface area contributed by atoms with E-state index in [2.05, 4.69) is 41.0 Å². The van der Waals surface area contributed by atoms with Gasteiger partial charge in [-0.2, -0.15) is 0 Å². The van der Waals surface area contributed by atoms with Gasteiger partial charge in [0.15, 0.2) is 0 Å². The molecule has 2 aromatic carbocycles. The SMILES string of the molecule is Cc1ccccc1CN1CCN(Cc2ccc(F)cc2)CC1. The third kappa shape index (κ3) is 3.93. The Labute approximate surface area is 132 Å². The van der Waals surface area contributed by atoms with Crippen LogP contribution >= 0.6 is 0 Å². The van der Waals surface area contributed by atoms with Gasteiger partial charge in [-0.05, 0) is 35.7 Å². The molecule has 1 heterocycles. The van der Waals surface area contributed by atoms with Gasteiger partial charge in [-0.3, -0.25) is 9.80 Å². The van der Waals surface area contributed by atoms with Crippen molar-refractivity contribution >= 4 is 0 Å². The first-order valence-electron chi connectivity index (χ1n) is 7.94. The first kappa shape index (κ1) is 15.2. The van der Waals surface area contributed by atoms with Crippen molar-refractivity contribution in [3.8, 4) is 0 Å². The highest BCUT2D eigenvalue weighted by molar-refractivity contribution is 5.25. The van der Waals surface area contributed by atoms with Gasteiger partial charge in [-0.25, -0.2) is 4.39 Å². The molecule has 0 unspecified atom stereocenters. The second kappa shape index (κ2) is 7.03. The molecule has 0 radical (unpaired) electrons. The van der Waals surface area contributed by atoms with Crippen molar-refractivity contribution in [2.24, 2.45) is 0 Å². The smallest absolute Gasteiger partial charge is 0.123 e. The van der Waals surface area contributed by atoms with Crippen molar-refractivity contribution in [1.82, 2.24) is 9.80 Å². The molecule has 0 aromatic heterocycles. The van der Waals surface area contributed by atoms with Crippen LogP contribution in [0.25, 0.3) is 0 Å². The number of hydrogen-bond donors (Lipinski definition) is 0. The van der Waals surface area contributed by atoms with E-state index >= 15 is 0 Å². The van der Waals surface area contributed by atoms with E-state index < -0.39 is 0 Å². The van der Waals surface area contributed by atoms with E-state index in [0.29, 0.717) is 0 Å². The summed E-state index contributed by atoms with van der Waals surface area (Å²) >= 11 is 0. The van der Waals surface area contributed by atoms with Crippen molar-refractivity contribution in [3.05, 3.63) is 71.0 Å². The fourth-order valence-corrected chi connectivity index (χ4v) is 2.98. The zero-order valence-electron chi connectivity index (χ0n) is 13.1. The van der Waals surface area contributed by atoms with Crippen LogP contribution in [0.5, 0.6) is 0 Å². The van der Waals surface area contributed by atoms with Gasteiger partial charge in [0, 0.05) is 39.3 Å². The van der Waals surface area contributed by atoms with E-state index in [1.165, 1.54) is 16.7 Å². The maximum Gasteiger partial charge on any atom is 0.123 e. The highest BCUT2D eigenvalue weighted by Crippen LogP contribution is 2.14. The molecule has 3 rings (SSSR count). The summed E-state index contributed by atoms with van der Waals surface area (Å²) in [6.45, 7) is 8.47. The second-order valence-corrected chi connectivity index (χ2v) is 6.11. The minimum absolute atomic E-state index is 0.160. The Kier molecular flexibility index (Phi) is 4.86. The van der Waals surface area contributed by atoms with Crippen LogP contribution in [0.1, 0.15) is 16.7 Å². The largest absolute Gasteiger partial charge is 0.297 e. The lowest BCUT2D eigenvalue weighted by atomic mass is 10.1. The third-order valence-electron chi connectivity index (χ3n) is 4.44. The molecule has 0 saturated carbocycles. The molecule has 0 N–H and O–H groups in total. The van der Waals surface area contributed by atoms with E-state index in [9.17, 15) is 4.39 Å². The lowest BCUT2D eigenvalue weighted by molar-refractivity contribution is 0.122. The zero-order valence-corrected chi connectivity index (χ0v) is 13.1. The highest BCUT2D eigenvalue weighted by atomic mass is 19.1. The normalized spacial score (nSPS) is 16.8. The quantitative estimate of drug-likeness (QED) is 0.853. The summed E-state index contributed by atoms with van der Waals surface area (Å²) < 4.78 is 12.9. The molecule has 116 valence electrons. The fourth-order valence-electron chi connectivity index (χ4n) is 2.98. The summed E-state index contributed by atoms with van der Waals surface area (Å²) in [7, 11) is 0. The summed E-state index contributed by atoms with van der Waals surface area (Å²) in [5.74, 6) is -0.160. The number of benzene rings is 2. The number of rotatable bonds is 4.